The number of nitrogen functional groups attached to an aromatic ring is 1. The highest BCUT2D eigenvalue weighted by Crippen LogP contribution is 2.31. The maximum atomic E-state index is 12.4. The minimum Gasteiger partial charge on any atom is -0.494 e. The number of nitrogens with two attached hydrogens (primary N) is 1. The number of rotatable bonds is 4. The minimum atomic E-state index is -3.90. The van der Waals surface area contributed by atoms with Crippen LogP contribution in [0, 0.1) is 0 Å². The van der Waals surface area contributed by atoms with Gasteiger partial charge in [-0.25, -0.2) is 8.42 Å². The predicted octanol–water partition coefficient (Wildman–Crippen LogP) is 3.39. The fraction of sp³-hybridized carbons (Fsp3) is 0.0769. The molecule has 0 amide bonds. The molecule has 0 heterocycles. The molecule has 0 aliphatic carbocycles. The van der Waals surface area contributed by atoms with Gasteiger partial charge in [-0.2, -0.15) is 0 Å². The van der Waals surface area contributed by atoms with Gasteiger partial charge in [-0.1, -0.05) is 23.2 Å². The molecule has 2 rings (SSSR count). The molecule has 0 radical (unpaired) electrons. The lowest BCUT2D eigenvalue weighted by Gasteiger charge is -2.13. The SMILES string of the molecule is COc1cc(N)ccc1NS(=O)(=O)c1cc(Cl)ccc1Cl. The number of anilines is 2. The first kappa shape index (κ1) is 15.8. The predicted molar refractivity (Wildman–Crippen MR) is 84.7 cm³/mol. The van der Waals surface area contributed by atoms with Crippen molar-refractivity contribution in [1.29, 1.82) is 0 Å². The van der Waals surface area contributed by atoms with E-state index in [-0.39, 0.29) is 20.6 Å². The standard InChI is InChI=1S/C13H12Cl2N2O3S/c1-20-12-7-9(16)3-5-11(12)17-21(18,19)13-6-8(14)2-4-10(13)15/h2-7,17H,16H2,1H3. The van der Waals surface area contributed by atoms with Crippen molar-refractivity contribution in [3.05, 3.63) is 46.4 Å². The zero-order valence-corrected chi connectivity index (χ0v) is 13.3. The molecule has 0 spiro atoms. The van der Waals surface area contributed by atoms with Crippen molar-refractivity contribution in [2.24, 2.45) is 0 Å². The molecule has 0 aliphatic rings. The van der Waals surface area contributed by atoms with Crippen LogP contribution in [-0.4, -0.2) is 15.5 Å². The van der Waals surface area contributed by atoms with Crippen LogP contribution >= 0.6 is 23.2 Å². The van der Waals surface area contributed by atoms with E-state index in [0.29, 0.717) is 11.4 Å². The Balaban J connectivity index is 2.45. The topological polar surface area (TPSA) is 81.4 Å². The summed E-state index contributed by atoms with van der Waals surface area (Å²) >= 11 is 11.7. The Bertz CT molecular complexity index is 779. The van der Waals surface area contributed by atoms with Crippen molar-refractivity contribution in [3.63, 3.8) is 0 Å². The second-order valence-corrected chi connectivity index (χ2v) is 6.63. The lowest BCUT2D eigenvalue weighted by atomic mass is 10.2. The number of hydrogen-bond acceptors (Lipinski definition) is 4. The van der Waals surface area contributed by atoms with Gasteiger partial charge in [0.05, 0.1) is 17.8 Å². The highest BCUT2D eigenvalue weighted by molar-refractivity contribution is 7.92. The van der Waals surface area contributed by atoms with Crippen LogP contribution in [0.4, 0.5) is 11.4 Å². The first-order chi connectivity index (χ1) is 9.83. The van der Waals surface area contributed by atoms with Crippen LogP contribution in [0.1, 0.15) is 0 Å². The molecule has 2 aromatic carbocycles. The average molecular weight is 347 g/mol. The third kappa shape index (κ3) is 3.53. The first-order valence-electron chi connectivity index (χ1n) is 5.75. The summed E-state index contributed by atoms with van der Waals surface area (Å²) in [6.07, 6.45) is 0. The van der Waals surface area contributed by atoms with Crippen molar-refractivity contribution in [3.8, 4) is 5.75 Å². The Labute approximate surface area is 132 Å². The van der Waals surface area contributed by atoms with Gasteiger partial charge in [0.25, 0.3) is 10.0 Å². The van der Waals surface area contributed by atoms with Gasteiger partial charge >= 0.3 is 0 Å². The summed E-state index contributed by atoms with van der Waals surface area (Å²) in [5, 5.41) is 0.338. The first-order valence-corrected chi connectivity index (χ1v) is 7.99. The van der Waals surface area contributed by atoms with Crippen LogP contribution in [-0.2, 0) is 10.0 Å². The highest BCUT2D eigenvalue weighted by atomic mass is 35.5. The Morgan fingerprint density at radius 3 is 2.52 bits per heavy atom. The molecular weight excluding hydrogens is 335 g/mol. The number of nitrogens with one attached hydrogen (secondary N) is 1. The van der Waals surface area contributed by atoms with E-state index >= 15 is 0 Å². The van der Waals surface area contributed by atoms with E-state index in [1.54, 1.807) is 6.07 Å². The Morgan fingerprint density at radius 2 is 1.86 bits per heavy atom. The van der Waals surface area contributed by atoms with Crippen LogP contribution in [0.25, 0.3) is 0 Å². The molecule has 21 heavy (non-hydrogen) atoms. The number of benzene rings is 2. The monoisotopic (exact) mass is 346 g/mol. The normalized spacial score (nSPS) is 11.2. The van der Waals surface area contributed by atoms with Crippen molar-refractivity contribution in [2.75, 3.05) is 17.6 Å². The fourth-order valence-corrected chi connectivity index (χ4v) is 3.51. The van der Waals surface area contributed by atoms with Gasteiger partial charge in [-0.05, 0) is 30.3 Å². The second-order valence-electron chi connectivity index (χ2n) is 4.14. The van der Waals surface area contributed by atoms with Gasteiger partial charge in [0.2, 0.25) is 0 Å². The van der Waals surface area contributed by atoms with E-state index in [0.717, 1.165) is 0 Å². The molecular formula is C13H12Cl2N2O3S. The lowest BCUT2D eigenvalue weighted by molar-refractivity contribution is 0.417. The van der Waals surface area contributed by atoms with Crippen LogP contribution in [0.15, 0.2) is 41.3 Å². The van der Waals surface area contributed by atoms with Crippen LogP contribution in [0.5, 0.6) is 5.75 Å². The molecule has 0 unspecified atom stereocenters. The van der Waals surface area contributed by atoms with Crippen LogP contribution in [0.2, 0.25) is 10.0 Å². The molecule has 0 bridgehead atoms. The number of methoxy groups -OCH3 is 1. The van der Waals surface area contributed by atoms with Gasteiger partial charge in [0.15, 0.2) is 0 Å². The summed E-state index contributed by atoms with van der Waals surface area (Å²) in [5.74, 6) is 0.303. The van der Waals surface area contributed by atoms with Crippen LogP contribution in [0.3, 0.4) is 0 Å². The van der Waals surface area contributed by atoms with E-state index in [9.17, 15) is 8.42 Å². The maximum Gasteiger partial charge on any atom is 0.263 e. The second kappa shape index (κ2) is 6.01. The summed E-state index contributed by atoms with van der Waals surface area (Å²) in [7, 11) is -2.48. The van der Waals surface area contributed by atoms with Gasteiger partial charge in [0, 0.05) is 16.8 Å². The Morgan fingerprint density at radius 1 is 1.14 bits per heavy atom. The van der Waals surface area contributed by atoms with Crippen molar-refractivity contribution in [2.45, 2.75) is 4.90 Å². The molecule has 0 aliphatic heterocycles. The number of hydrogen-bond donors (Lipinski definition) is 2. The van der Waals surface area contributed by atoms with E-state index in [1.165, 1.54) is 37.4 Å². The summed E-state index contributed by atoms with van der Waals surface area (Å²) in [6.45, 7) is 0. The molecule has 0 saturated heterocycles. The third-order valence-electron chi connectivity index (χ3n) is 2.65. The molecule has 5 nitrogen and oxygen atoms in total. The summed E-state index contributed by atoms with van der Waals surface area (Å²) < 4.78 is 32.3. The number of ether oxygens (including phenoxy) is 1. The zero-order valence-electron chi connectivity index (χ0n) is 10.9. The van der Waals surface area contributed by atoms with Gasteiger partial charge in [0.1, 0.15) is 10.6 Å². The summed E-state index contributed by atoms with van der Waals surface area (Å²) in [5.41, 5.74) is 6.33. The quantitative estimate of drug-likeness (QED) is 0.831. The molecule has 2 aromatic rings. The van der Waals surface area contributed by atoms with Gasteiger partial charge in [-0.3, -0.25) is 4.72 Å². The van der Waals surface area contributed by atoms with E-state index < -0.39 is 10.0 Å². The third-order valence-corrected chi connectivity index (χ3v) is 4.73. The lowest BCUT2D eigenvalue weighted by Crippen LogP contribution is -2.14. The maximum absolute atomic E-state index is 12.4. The number of halogens is 2. The molecule has 112 valence electrons. The fourth-order valence-electron chi connectivity index (χ4n) is 1.67. The van der Waals surface area contributed by atoms with Crippen molar-refractivity contribution >= 4 is 44.6 Å². The molecule has 0 fully saturated rings. The van der Waals surface area contributed by atoms with E-state index in [1.807, 2.05) is 0 Å². The molecule has 3 N–H and O–H groups in total. The summed E-state index contributed by atoms with van der Waals surface area (Å²) in [6, 6.07) is 8.77. The average Bonchev–Trinajstić information content (AvgIpc) is 2.43. The van der Waals surface area contributed by atoms with Crippen molar-refractivity contribution < 1.29 is 13.2 Å². The molecule has 0 atom stereocenters. The largest absolute Gasteiger partial charge is 0.494 e. The van der Waals surface area contributed by atoms with Gasteiger partial charge in [-0.15, -0.1) is 0 Å². The highest BCUT2D eigenvalue weighted by Gasteiger charge is 2.20. The van der Waals surface area contributed by atoms with Crippen LogP contribution < -0.4 is 15.2 Å². The summed E-state index contributed by atoms with van der Waals surface area (Å²) in [4.78, 5) is -0.115. The van der Waals surface area contributed by atoms with E-state index in [2.05, 4.69) is 4.72 Å². The molecule has 8 heteroatoms. The van der Waals surface area contributed by atoms with Crippen molar-refractivity contribution in [1.82, 2.24) is 0 Å². The van der Waals surface area contributed by atoms with E-state index in [4.69, 9.17) is 33.7 Å². The Kier molecular flexibility index (Phi) is 4.51. The zero-order chi connectivity index (χ0) is 15.6. The van der Waals surface area contributed by atoms with Gasteiger partial charge < -0.3 is 10.5 Å². The molecule has 0 aromatic heterocycles. The molecule has 0 saturated carbocycles. The number of sulfonamides is 1. The minimum absolute atomic E-state index is 0.0707. The Hall–Kier alpha value is -1.63. The smallest absolute Gasteiger partial charge is 0.263 e.